The van der Waals surface area contributed by atoms with Gasteiger partial charge in [0.05, 0.1) is 17.2 Å². The number of nitrogens with zero attached hydrogens (tertiary/aromatic N) is 1. The molecule has 0 fully saturated rings. The molecule has 0 spiro atoms. The Labute approximate surface area is 89.7 Å². The SMILES string of the molecule is Cc1cc(C#N)c(C(N)=O)cc1I. The summed E-state index contributed by atoms with van der Waals surface area (Å²) in [5, 5.41) is 8.72. The first-order chi connectivity index (χ1) is 6.06. The van der Waals surface area contributed by atoms with Crippen molar-refractivity contribution >= 4 is 28.5 Å². The molecule has 0 bridgehead atoms. The summed E-state index contributed by atoms with van der Waals surface area (Å²) in [6.07, 6.45) is 0. The van der Waals surface area contributed by atoms with Crippen LogP contribution < -0.4 is 5.73 Å². The largest absolute Gasteiger partial charge is 0.366 e. The van der Waals surface area contributed by atoms with Crippen LogP contribution in [-0.2, 0) is 0 Å². The summed E-state index contributed by atoms with van der Waals surface area (Å²) in [7, 11) is 0. The number of carbonyl (C=O) groups excluding carboxylic acids is 1. The lowest BCUT2D eigenvalue weighted by Crippen LogP contribution is -2.13. The molecule has 0 aliphatic heterocycles. The van der Waals surface area contributed by atoms with E-state index in [9.17, 15) is 4.79 Å². The van der Waals surface area contributed by atoms with Gasteiger partial charge in [-0.2, -0.15) is 5.26 Å². The number of rotatable bonds is 1. The first-order valence-electron chi connectivity index (χ1n) is 3.56. The molecule has 1 aromatic carbocycles. The number of nitriles is 1. The molecule has 0 unspecified atom stereocenters. The molecule has 0 heterocycles. The summed E-state index contributed by atoms with van der Waals surface area (Å²) in [6.45, 7) is 1.88. The lowest BCUT2D eigenvalue weighted by atomic mass is 10.1. The molecule has 2 N–H and O–H groups in total. The molecule has 3 nitrogen and oxygen atoms in total. The van der Waals surface area contributed by atoms with Crippen molar-refractivity contribution in [2.24, 2.45) is 5.73 Å². The molecule has 0 aliphatic rings. The highest BCUT2D eigenvalue weighted by Gasteiger charge is 2.09. The van der Waals surface area contributed by atoms with Crippen molar-refractivity contribution in [2.75, 3.05) is 0 Å². The Morgan fingerprint density at radius 3 is 2.69 bits per heavy atom. The number of benzene rings is 1. The zero-order valence-electron chi connectivity index (χ0n) is 6.97. The van der Waals surface area contributed by atoms with Crippen LogP contribution in [0, 0.1) is 21.8 Å². The summed E-state index contributed by atoms with van der Waals surface area (Å²) < 4.78 is 0.936. The molecular formula is C9H7IN2O. The molecule has 0 aliphatic carbocycles. The van der Waals surface area contributed by atoms with Gasteiger partial charge < -0.3 is 5.73 Å². The Hall–Kier alpha value is -1.09. The van der Waals surface area contributed by atoms with Crippen molar-refractivity contribution in [3.8, 4) is 6.07 Å². The van der Waals surface area contributed by atoms with E-state index < -0.39 is 5.91 Å². The predicted molar refractivity (Wildman–Crippen MR) is 57.1 cm³/mol. The second kappa shape index (κ2) is 3.75. The molecule has 0 radical (unpaired) electrons. The van der Waals surface area contributed by atoms with Crippen LogP contribution in [0.3, 0.4) is 0 Å². The van der Waals surface area contributed by atoms with Crippen LogP contribution >= 0.6 is 22.6 Å². The Bertz CT molecular complexity index is 407. The van der Waals surface area contributed by atoms with Crippen molar-refractivity contribution in [2.45, 2.75) is 6.92 Å². The molecule has 0 aromatic heterocycles. The van der Waals surface area contributed by atoms with Gasteiger partial charge in [-0.3, -0.25) is 4.79 Å². The standard InChI is InChI=1S/C9H7IN2O/c1-5-2-6(4-11)7(9(12)13)3-8(5)10/h2-3H,1H3,(H2,12,13). The number of amides is 1. The van der Waals surface area contributed by atoms with Gasteiger partial charge in [0.2, 0.25) is 5.91 Å². The minimum atomic E-state index is -0.561. The number of nitrogens with two attached hydrogens (primary N) is 1. The first-order valence-corrected chi connectivity index (χ1v) is 4.64. The van der Waals surface area contributed by atoms with E-state index in [0.29, 0.717) is 5.56 Å². The summed E-state index contributed by atoms with van der Waals surface area (Å²) in [5.74, 6) is -0.561. The average molecular weight is 286 g/mol. The van der Waals surface area contributed by atoms with Gasteiger partial charge in [-0.25, -0.2) is 0 Å². The molecule has 0 saturated heterocycles. The fourth-order valence-corrected chi connectivity index (χ4v) is 1.44. The zero-order chi connectivity index (χ0) is 10.0. The van der Waals surface area contributed by atoms with Crippen LogP contribution in [0.5, 0.6) is 0 Å². The summed E-state index contributed by atoms with van der Waals surface area (Å²) >= 11 is 2.10. The third-order valence-corrected chi connectivity index (χ3v) is 2.85. The monoisotopic (exact) mass is 286 g/mol. The number of aryl methyl sites for hydroxylation is 1. The second-order valence-electron chi connectivity index (χ2n) is 2.62. The van der Waals surface area contributed by atoms with Gasteiger partial charge in [0.25, 0.3) is 0 Å². The van der Waals surface area contributed by atoms with E-state index in [4.69, 9.17) is 11.0 Å². The Morgan fingerprint density at radius 1 is 1.62 bits per heavy atom. The van der Waals surface area contributed by atoms with Crippen LogP contribution in [0.4, 0.5) is 0 Å². The van der Waals surface area contributed by atoms with Gasteiger partial charge in [0, 0.05) is 3.57 Å². The summed E-state index contributed by atoms with van der Waals surface area (Å²) in [6, 6.07) is 5.24. The molecular weight excluding hydrogens is 279 g/mol. The maximum Gasteiger partial charge on any atom is 0.250 e. The highest BCUT2D eigenvalue weighted by molar-refractivity contribution is 14.1. The van der Waals surface area contributed by atoms with Crippen LogP contribution in [0.2, 0.25) is 0 Å². The number of hydrogen-bond acceptors (Lipinski definition) is 2. The predicted octanol–water partition coefficient (Wildman–Crippen LogP) is 1.57. The van der Waals surface area contributed by atoms with Crippen molar-refractivity contribution in [1.29, 1.82) is 5.26 Å². The van der Waals surface area contributed by atoms with Crippen LogP contribution in [0.15, 0.2) is 12.1 Å². The van der Waals surface area contributed by atoms with Crippen LogP contribution in [-0.4, -0.2) is 5.91 Å². The molecule has 4 heteroatoms. The smallest absolute Gasteiger partial charge is 0.250 e. The Balaban J connectivity index is 3.44. The minimum Gasteiger partial charge on any atom is -0.366 e. The van der Waals surface area contributed by atoms with Gasteiger partial charge >= 0.3 is 0 Å². The van der Waals surface area contributed by atoms with Crippen molar-refractivity contribution < 1.29 is 4.79 Å². The number of primary amides is 1. The second-order valence-corrected chi connectivity index (χ2v) is 3.79. The molecule has 66 valence electrons. The maximum atomic E-state index is 10.9. The van der Waals surface area contributed by atoms with Crippen molar-refractivity contribution in [3.63, 3.8) is 0 Å². The number of hydrogen-bond donors (Lipinski definition) is 1. The lowest BCUT2D eigenvalue weighted by Gasteiger charge is -2.02. The molecule has 13 heavy (non-hydrogen) atoms. The normalized spacial score (nSPS) is 9.31. The van der Waals surface area contributed by atoms with Gasteiger partial charge in [0.15, 0.2) is 0 Å². The number of carbonyl (C=O) groups is 1. The van der Waals surface area contributed by atoms with E-state index in [0.717, 1.165) is 9.13 Å². The Morgan fingerprint density at radius 2 is 2.23 bits per heavy atom. The first kappa shape index (κ1) is 9.99. The third kappa shape index (κ3) is 1.98. The lowest BCUT2D eigenvalue weighted by molar-refractivity contribution is 0.1000. The molecule has 0 atom stereocenters. The van der Waals surface area contributed by atoms with E-state index in [1.807, 2.05) is 13.0 Å². The molecule has 1 rings (SSSR count). The van der Waals surface area contributed by atoms with E-state index in [-0.39, 0.29) is 5.56 Å². The third-order valence-electron chi connectivity index (χ3n) is 1.68. The molecule has 1 amide bonds. The van der Waals surface area contributed by atoms with E-state index >= 15 is 0 Å². The quantitative estimate of drug-likeness (QED) is 0.796. The van der Waals surface area contributed by atoms with Crippen LogP contribution in [0.1, 0.15) is 21.5 Å². The van der Waals surface area contributed by atoms with Gasteiger partial charge in [-0.15, -0.1) is 0 Å². The van der Waals surface area contributed by atoms with Crippen LogP contribution in [0.25, 0.3) is 0 Å². The van der Waals surface area contributed by atoms with E-state index in [2.05, 4.69) is 22.6 Å². The molecule has 1 aromatic rings. The van der Waals surface area contributed by atoms with Gasteiger partial charge in [-0.05, 0) is 47.2 Å². The van der Waals surface area contributed by atoms with Crippen molar-refractivity contribution in [1.82, 2.24) is 0 Å². The van der Waals surface area contributed by atoms with Gasteiger partial charge in [-0.1, -0.05) is 0 Å². The highest BCUT2D eigenvalue weighted by atomic mass is 127. The van der Waals surface area contributed by atoms with E-state index in [1.165, 1.54) is 0 Å². The molecule has 0 saturated carbocycles. The van der Waals surface area contributed by atoms with Crippen molar-refractivity contribution in [3.05, 3.63) is 32.4 Å². The topological polar surface area (TPSA) is 66.9 Å². The highest BCUT2D eigenvalue weighted by Crippen LogP contribution is 2.17. The zero-order valence-corrected chi connectivity index (χ0v) is 9.12. The average Bonchev–Trinajstić information content (AvgIpc) is 2.08. The Kier molecular flexibility index (Phi) is 2.88. The maximum absolute atomic E-state index is 10.9. The fourth-order valence-electron chi connectivity index (χ4n) is 0.978. The minimum absolute atomic E-state index is 0.289. The number of halogens is 1. The fraction of sp³-hybridized carbons (Fsp3) is 0.111. The van der Waals surface area contributed by atoms with E-state index in [1.54, 1.807) is 12.1 Å². The summed E-state index contributed by atoms with van der Waals surface area (Å²) in [5.41, 5.74) is 6.72. The summed E-state index contributed by atoms with van der Waals surface area (Å²) in [4.78, 5) is 10.9. The van der Waals surface area contributed by atoms with Gasteiger partial charge in [0.1, 0.15) is 0 Å².